The number of oxime groups is 1. The Morgan fingerprint density at radius 1 is 1.24 bits per heavy atom. The minimum Gasteiger partial charge on any atom is -0.411 e. The second-order valence-corrected chi connectivity index (χ2v) is 4.89. The van der Waals surface area contributed by atoms with Gasteiger partial charge < -0.3 is 29.3 Å². The Bertz CT molecular complexity index is 507. The number of methoxy groups -OCH3 is 1. The van der Waals surface area contributed by atoms with Gasteiger partial charge in [-0.05, 0) is 0 Å². The van der Waals surface area contributed by atoms with E-state index in [9.17, 15) is 5.11 Å². The number of aliphatic hydroxyl groups excluding tert-OH is 1. The van der Waals surface area contributed by atoms with Crippen LogP contribution in [0.2, 0.25) is 0 Å². The minimum absolute atomic E-state index is 0.00698. The summed E-state index contributed by atoms with van der Waals surface area (Å²) in [6.45, 7) is 0.250. The Hall–Kier alpha value is -1.51. The van der Waals surface area contributed by atoms with E-state index in [2.05, 4.69) is 5.16 Å². The summed E-state index contributed by atoms with van der Waals surface area (Å²) >= 11 is 0. The number of rotatable bonds is 2. The van der Waals surface area contributed by atoms with Crippen molar-refractivity contribution in [1.29, 1.82) is 0 Å². The average Bonchev–Trinajstić information content (AvgIpc) is 2.55. The van der Waals surface area contributed by atoms with Crippen molar-refractivity contribution in [3.8, 4) is 0 Å². The van der Waals surface area contributed by atoms with Crippen LogP contribution in [0.5, 0.6) is 0 Å². The molecule has 3 rings (SSSR count). The molecule has 2 fully saturated rings. The van der Waals surface area contributed by atoms with Gasteiger partial charge in [-0.2, -0.15) is 0 Å². The van der Waals surface area contributed by atoms with Crippen molar-refractivity contribution >= 4 is 5.71 Å². The van der Waals surface area contributed by atoms with E-state index in [1.807, 2.05) is 30.3 Å². The molecule has 7 heteroatoms. The lowest BCUT2D eigenvalue weighted by atomic mass is 9.98. The molecule has 1 aromatic carbocycles. The van der Waals surface area contributed by atoms with Crippen LogP contribution in [0, 0.1) is 0 Å². The molecular weight excluding hydrogens is 278 g/mol. The summed E-state index contributed by atoms with van der Waals surface area (Å²) in [6.07, 6.45) is -3.79. The molecule has 5 atom stereocenters. The number of aliphatic hydroxyl groups is 1. The lowest BCUT2D eigenvalue weighted by molar-refractivity contribution is -0.306. The van der Waals surface area contributed by atoms with Gasteiger partial charge in [0.25, 0.3) is 0 Å². The van der Waals surface area contributed by atoms with Crippen molar-refractivity contribution in [2.75, 3.05) is 13.7 Å². The van der Waals surface area contributed by atoms with Crippen LogP contribution in [0.25, 0.3) is 0 Å². The molecule has 0 spiro atoms. The molecule has 2 saturated heterocycles. The summed E-state index contributed by atoms with van der Waals surface area (Å²) in [5.41, 5.74) is 0.840. The highest BCUT2D eigenvalue weighted by Crippen LogP contribution is 2.33. The SMILES string of the molecule is CO[C@H]1O[C@@H]2CO[C@@H](c3ccccc3)O[C@H]2[C@H](O)/C1=N/O. The van der Waals surface area contributed by atoms with E-state index >= 15 is 0 Å². The molecule has 114 valence electrons. The van der Waals surface area contributed by atoms with Crippen molar-refractivity contribution in [1.82, 2.24) is 0 Å². The molecular formula is C14H17NO6. The van der Waals surface area contributed by atoms with Gasteiger partial charge in [0.05, 0.1) is 6.61 Å². The van der Waals surface area contributed by atoms with E-state index in [0.717, 1.165) is 5.56 Å². The third-order valence-electron chi connectivity index (χ3n) is 3.61. The Morgan fingerprint density at radius 3 is 2.67 bits per heavy atom. The molecule has 0 aromatic heterocycles. The highest BCUT2D eigenvalue weighted by atomic mass is 16.7. The first-order valence-electron chi connectivity index (χ1n) is 6.64. The molecule has 0 radical (unpaired) electrons. The van der Waals surface area contributed by atoms with E-state index < -0.39 is 30.9 Å². The van der Waals surface area contributed by atoms with Crippen molar-refractivity contribution < 1.29 is 29.3 Å². The van der Waals surface area contributed by atoms with Crippen LogP contribution in [-0.4, -0.2) is 54.3 Å². The number of ether oxygens (including phenoxy) is 4. The van der Waals surface area contributed by atoms with E-state index in [-0.39, 0.29) is 12.3 Å². The van der Waals surface area contributed by atoms with Gasteiger partial charge in [0.1, 0.15) is 24.0 Å². The predicted molar refractivity (Wildman–Crippen MR) is 70.9 cm³/mol. The van der Waals surface area contributed by atoms with Gasteiger partial charge in [-0.1, -0.05) is 35.5 Å². The van der Waals surface area contributed by atoms with Crippen LogP contribution >= 0.6 is 0 Å². The molecule has 0 saturated carbocycles. The molecule has 0 aliphatic carbocycles. The first kappa shape index (κ1) is 14.4. The first-order valence-corrected chi connectivity index (χ1v) is 6.64. The third kappa shape index (κ3) is 2.66. The van der Waals surface area contributed by atoms with Gasteiger partial charge >= 0.3 is 0 Å². The fraction of sp³-hybridized carbons (Fsp3) is 0.500. The highest BCUT2D eigenvalue weighted by molar-refractivity contribution is 5.92. The quantitative estimate of drug-likeness (QED) is 0.615. The minimum atomic E-state index is -1.12. The van der Waals surface area contributed by atoms with Crippen LogP contribution in [0.15, 0.2) is 35.5 Å². The first-order chi connectivity index (χ1) is 10.2. The zero-order chi connectivity index (χ0) is 14.8. The summed E-state index contributed by atoms with van der Waals surface area (Å²) in [5.74, 6) is 0. The maximum absolute atomic E-state index is 10.3. The summed E-state index contributed by atoms with van der Waals surface area (Å²) < 4.78 is 22.0. The zero-order valence-corrected chi connectivity index (χ0v) is 11.5. The fourth-order valence-corrected chi connectivity index (χ4v) is 2.54. The molecule has 1 aromatic rings. The molecule has 0 amide bonds. The van der Waals surface area contributed by atoms with Gasteiger partial charge in [-0.25, -0.2) is 0 Å². The van der Waals surface area contributed by atoms with Crippen LogP contribution in [0.1, 0.15) is 11.9 Å². The van der Waals surface area contributed by atoms with Gasteiger partial charge in [0.2, 0.25) is 6.29 Å². The second kappa shape index (κ2) is 6.08. The molecule has 7 nitrogen and oxygen atoms in total. The predicted octanol–water partition coefficient (Wildman–Crippen LogP) is 0.663. The van der Waals surface area contributed by atoms with Crippen LogP contribution < -0.4 is 0 Å². The van der Waals surface area contributed by atoms with E-state index in [1.165, 1.54) is 7.11 Å². The summed E-state index contributed by atoms with van der Waals surface area (Å²) in [7, 11) is 1.40. The summed E-state index contributed by atoms with van der Waals surface area (Å²) in [6, 6.07) is 9.40. The zero-order valence-electron chi connectivity index (χ0n) is 11.5. The number of fused-ring (bicyclic) bond motifs is 1. The molecule has 0 unspecified atom stereocenters. The lowest BCUT2D eigenvalue weighted by Gasteiger charge is -2.43. The Kier molecular flexibility index (Phi) is 4.18. The van der Waals surface area contributed by atoms with Gasteiger partial charge in [-0.15, -0.1) is 0 Å². The highest BCUT2D eigenvalue weighted by Gasteiger charge is 2.48. The van der Waals surface area contributed by atoms with Crippen molar-refractivity contribution in [2.24, 2.45) is 5.16 Å². The fourth-order valence-electron chi connectivity index (χ4n) is 2.54. The van der Waals surface area contributed by atoms with Crippen LogP contribution in [0.4, 0.5) is 0 Å². The standard InChI is InChI=1S/C14H17NO6/c1-18-14-10(15-17)11(16)12-9(20-14)7-19-13(21-12)8-5-3-2-4-6-8/h2-6,9,11-14,16-17H,7H2,1H3/b15-10-/t9-,11-,12-,13-,14+/m1/s1. The van der Waals surface area contributed by atoms with Crippen molar-refractivity contribution in [3.63, 3.8) is 0 Å². The monoisotopic (exact) mass is 295 g/mol. The van der Waals surface area contributed by atoms with E-state index in [1.54, 1.807) is 0 Å². The maximum Gasteiger partial charge on any atom is 0.203 e. The van der Waals surface area contributed by atoms with E-state index in [4.69, 9.17) is 24.2 Å². The number of hydrogen-bond donors (Lipinski definition) is 2. The van der Waals surface area contributed by atoms with Gasteiger partial charge in [0, 0.05) is 12.7 Å². The summed E-state index contributed by atoms with van der Waals surface area (Å²) in [5, 5.41) is 22.4. The molecule has 2 aliphatic rings. The lowest BCUT2D eigenvalue weighted by Crippen LogP contribution is -2.60. The number of benzene rings is 1. The molecule has 21 heavy (non-hydrogen) atoms. The van der Waals surface area contributed by atoms with Crippen molar-refractivity contribution in [3.05, 3.63) is 35.9 Å². The van der Waals surface area contributed by atoms with E-state index in [0.29, 0.717) is 0 Å². The average molecular weight is 295 g/mol. The Balaban J connectivity index is 1.79. The Labute approximate surface area is 121 Å². The molecule has 2 heterocycles. The largest absolute Gasteiger partial charge is 0.411 e. The van der Waals surface area contributed by atoms with Gasteiger partial charge in [0.15, 0.2) is 6.29 Å². The third-order valence-corrected chi connectivity index (χ3v) is 3.61. The summed E-state index contributed by atoms with van der Waals surface area (Å²) in [4.78, 5) is 0. The van der Waals surface area contributed by atoms with Crippen LogP contribution in [-0.2, 0) is 18.9 Å². The number of hydrogen-bond acceptors (Lipinski definition) is 7. The van der Waals surface area contributed by atoms with Crippen molar-refractivity contribution in [2.45, 2.75) is 30.9 Å². The normalized spacial score (nSPS) is 38.2. The second-order valence-electron chi connectivity index (χ2n) is 4.89. The molecule has 2 aliphatic heterocycles. The van der Waals surface area contributed by atoms with Crippen LogP contribution in [0.3, 0.4) is 0 Å². The molecule has 0 bridgehead atoms. The van der Waals surface area contributed by atoms with Gasteiger partial charge in [-0.3, -0.25) is 0 Å². The topological polar surface area (TPSA) is 89.7 Å². The number of nitrogens with zero attached hydrogens (tertiary/aromatic N) is 1. The Morgan fingerprint density at radius 2 is 2.00 bits per heavy atom. The maximum atomic E-state index is 10.3. The molecule has 2 N–H and O–H groups in total. The smallest absolute Gasteiger partial charge is 0.203 e.